The first kappa shape index (κ1) is 109. The predicted molar refractivity (Wildman–Crippen MR) is 55.9 cm³/mol. The Balaban J connectivity index is -0.00000000429. The second-order valence-electron chi connectivity index (χ2n) is 0.951. The minimum atomic E-state index is -3.69. The Morgan fingerprint density at radius 3 is 0.357 bits per heavy atom. The van der Waals surface area contributed by atoms with E-state index in [2.05, 4.69) is 0 Å². The molecule has 0 aromatic heterocycles. The summed E-state index contributed by atoms with van der Waals surface area (Å²) in [5, 5.41) is 0. The fourth-order valence-electron chi connectivity index (χ4n) is 0. The van der Waals surface area contributed by atoms with Gasteiger partial charge in [0.15, 0.2) is 0 Å². The summed E-state index contributed by atoms with van der Waals surface area (Å²) >= 11 is -14.8. The Hall–Kier alpha value is 8.82. The van der Waals surface area contributed by atoms with Gasteiger partial charge in [-0.15, -0.1) is 0 Å². The van der Waals surface area contributed by atoms with Crippen molar-refractivity contribution < 1.29 is 316 Å². The molecule has 0 saturated heterocycles. The summed E-state index contributed by atoms with van der Waals surface area (Å²) in [5.74, 6) is 0. The van der Waals surface area contributed by atoms with Gasteiger partial charge in [0.05, 0.1) is 0 Å². The van der Waals surface area contributed by atoms with Crippen LogP contribution in [0.25, 0.3) is 0 Å². The molecule has 0 aromatic carbocycles. The Morgan fingerprint density at radius 2 is 0.357 bits per heavy atom. The molecule has 0 spiro atoms. The van der Waals surface area contributed by atoms with E-state index in [1.54, 1.807) is 0 Å². The van der Waals surface area contributed by atoms with Crippen LogP contribution in [0.3, 0.4) is 0 Å². The van der Waals surface area contributed by atoms with E-state index in [0.29, 0.717) is 0 Å². The van der Waals surface area contributed by atoms with Gasteiger partial charge in [0.1, 0.15) is 0 Å². The van der Waals surface area contributed by atoms with Crippen molar-refractivity contribution in [3.8, 4) is 0 Å². The fraction of sp³-hybridized carbons (Fsp3) is 0. The quantitative estimate of drug-likeness (QED) is 0.182. The minimum absolute atomic E-state index is 0. The fourth-order valence-corrected chi connectivity index (χ4v) is 0. The zero-order valence-electron chi connectivity index (χ0n) is 14.2. The monoisotopic (exact) mass is 1290 g/mol. The van der Waals surface area contributed by atoms with Crippen molar-refractivity contribution in [2.75, 3.05) is 0 Å². The maximum Gasteiger partial charge on any atom is 0 e. The molecule has 0 atom stereocenters. The zero-order chi connectivity index (χ0) is 14.3. The summed E-state index contributed by atoms with van der Waals surface area (Å²) < 4.78 is 97.8. The van der Waals surface area contributed by atoms with Crippen molar-refractivity contribution in [1.82, 2.24) is 0 Å². The minimum Gasteiger partial charge on any atom is 0 e. The van der Waals surface area contributed by atoms with Crippen molar-refractivity contribution in [3.05, 3.63) is 0 Å². The molecule has 28 heteroatoms. The van der Waals surface area contributed by atoms with Gasteiger partial charge in [-0.2, -0.15) is 54.0 Å². The van der Waals surface area contributed by atoms with Gasteiger partial charge < -0.3 is 0 Å². The van der Waals surface area contributed by atoms with Gasteiger partial charge in [-0.1, -0.05) is 0 Å². The molecule has 1 radical (unpaired) electrons. The van der Waals surface area contributed by atoms with Gasteiger partial charge in [0.2, 0.25) is 0 Å². The van der Waals surface area contributed by atoms with Crippen molar-refractivity contribution in [3.63, 3.8) is 0 Å². The van der Waals surface area contributed by atoms with Crippen LogP contribution in [0, 0.1) is 49.4 Å². The molecule has 0 aromatic rings. The second kappa shape index (κ2) is 100. The van der Waals surface area contributed by atoms with Crippen LogP contribution >= 0.6 is 54.0 Å². The standard InChI is InChI=1S/3Cd.Eu.4H2O.8O.4H2S.4V.4Zn/h;;;;4*1H2;;;;;;;;;4*1H2;;;;;;;;/q;;;;;;;;;;;;;;;;;;;;4*+1;;;;/p-4. The summed E-state index contributed by atoms with van der Waals surface area (Å²) in [6.45, 7) is 0. The molecule has 0 aliphatic rings. The molecule has 149 valence electrons. The molecular formula is H12Cd3EuO12S4V4Zn4. The molecule has 0 amide bonds. The van der Waals surface area contributed by atoms with E-state index in [9.17, 15) is 0 Å². The van der Waals surface area contributed by atoms with Crippen LogP contribution < -0.4 is 0 Å². The van der Waals surface area contributed by atoms with E-state index in [1.165, 1.54) is 0 Å². The van der Waals surface area contributed by atoms with Crippen LogP contribution in [0.4, 0.5) is 0 Å². The molecular weight excluding hydrogens is 1270 g/mol. The molecule has 0 fully saturated rings. The van der Waals surface area contributed by atoms with E-state index in [4.69, 9.17) is 45.5 Å². The Labute approximate surface area is 361 Å². The SMILES string of the molecule is S.S.S.S.[Cd].[Cd].[Cd].[Eu].[O]=[V](=[O])[OH].[O]=[V](=[O])[OH].[O]=[V](=[O])[OH].[O]=[V](=[O])[OH].[Zn].[Zn].[Zn].[Zn]. The third-order valence-electron chi connectivity index (χ3n) is 0. The molecule has 0 bridgehead atoms. The van der Waals surface area contributed by atoms with Crippen LogP contribution in [0.1, 0.15) is 0 Å². The van der Waals surface area contributed by atoms with Crippen molar-refractivity contribution in [2.24, 2.45) is 0 Å². The van der Waals surface area contributed by atoms with Crippen LogP contribution in [0.5, 0.6) is 0 Å². The van der Waals surface area contributed by atoms with Gasteiger partial charge in [0, 0.05) is 209 Å². The number of hydrogen-bond donors (Lipinski definition) is 4. The van der Waals surface area contributed by atoms with E-state index in [-0.39, 0.29) is 263 Å². The summed E-state index contributed by atoms with van der Waals surface area (Å²) in [7, 11) is 0. The first-order valence-corrected chi connectivity index (χ1v) is 9.32. The molecule has 28 heavy (non-hydrogen) atoms. The van der Waals surface area contributed by atoms with Crippen LogP contribution in [-0.2, 0) is 251 Å². The predicted octanol–water partition coefficient (Wildman–Crippen LogP) is -2.75. The third kappa shape index (κ3) is 512. The summed E-state index contributed by atoms with van der Waals surface area (Å²) in [6, 6.07) is 0. The number of hydrogen-bond acceptors (Lipinski definition) is 8. The molecule has 0 aliphatic heterocycles. The van der Waals surface area contributed by atoms with Crippen LogP contribution in [0.15, 0.2) is 0 Å². The van der Waals surface area contributed by atoms with Crippen molar-refractivity contribution in [2.45, 2.75) is 0 Å². The van der Waals surface area contributed by atoms with Crippen molar-refractivity contribution in [1.29, 1.82) is 0 Å². The van der Waals surface area contributed by atoms with Gasteiger partial charge in [0.25, 0.3) is 0 Å². The second-order valence-corrected chi connectivity index (χ2v) is 3.92. The van der Waals surface area contributed by atoms with Gasteiger partial charge in [-0.25, -0.2) is 0 Å². The average molecular weight is 1290 g/mol. The molecule has 4 N–H and O–H groups in total. The van der Waals surface area contributed by atoms with E-state index >= 15 is 0 Å². The third-order valence-corrected chi connectivity index (χ3v) is 0. The largest absolute Gasteiger partial charge is 0 e. The summed E-state index contributed by atoms with van der Waals surface area (Å²) in [6.07, 6.45) is 0. The molecule has 0 saturated carbocycles. The van der Waals surface area contributed by atoms with E-state index in [0.717, 1.165) is 0 Å². The first-order valence-electron chi connectivity index (χ1n) is 2.26. The van der Waals surface area contributed by atoms with Crippen LogP contribution in [0.2, 0.25) is 0 Å². The van der Waals surface area contributed by atoms with E-state index in [1.807, 2.05) is 0 Å². The maximum absolute atomic E-state index is 8.67. The molecule has 0 unspecified atom stereocenters. The molecule has 0 rings (SSSR count). The van der Waals surface area contributed by atoms with Gasteiger partial charge in [-0.05, 0) is 0 Å². The van der Waals surface area contributed by atoms with Crippen LogP contribution in [-0.4, -0.2) is 16.1 Å². The molecule has 0 aliphatic carbocycles. The van der Waals surface area contributed by atoms with Gasteiger partial charge in [-0.3, -0.25) is 0 Å². The first-order chi connectivity index (χ1) is 6.93. The summed E-state index contributed by atoms with van der Waals surface area (Å²) in [5.41, 5.74) is 0. The topological polar surface area (TPSA) is 217 Å². The average Bonchev–Trinajstić information content (AvgIpc) is 1.76. The van der Waals surface area contributed by atoms with E-state index < -0.39 is 61.6 Å². The molecule has 12 nitrogen and oxygen atoms in total. The number of rotatable bonds is 0. The Bertz CT molecular complexity index is 337. The van der Waals surface area contributed by atoms with Gasteiger partial charge >= 0.3 is 107 Å². The zero-order valence-corrected chi connectivity index (χ0v) is 50.2. The maximum atomic E-state index is 8.67. The Kier molecular flexibility index (Phi) is 390. The Morgan fingerprint density at radius 1 is 0.357 bits per heavy atom. The normalized spacial score (nSPS) is 3.57. The van der Waals surface area contributed by atoms with Crippen molar-refractivity contribution >= 4 is 54.0 Å². The molecule has 0 heterocycles. The smallest absolute Gasteiger partial charge is 0 e. The summed E-state index contributed by atoms with van der Waals surface area (Å²) in [4.78, 5) is 0.